The van der Waals surface area contributed by atoms with E-state index in [1.165, 1.54) is 0 Å². The molecule has 0 spiro atoms. The molecule has 0 aliphatic rings. The van der Waals surface area contributed by atoms with Crippen molar-refractivity contribution in [2.24, 2.45) is 5.92 Å². The molecule has 0 heterocycles. The lowest BCUT2D eigenvalue weighted by molar-refractivity contribution is -0.0367. The molecule has 1 unspecified atom stereocenters. The molecule has 3 heteroatoms. The molecular weight excluding hydrogens is 192 g/mol. The number of hydrogen-bond donors (Lipinski definition) is 0. The van der Waals surface area contributed by atoms with E-state index in [0.717, 1.165) is 6.61 Å². The van der Waals surface area contributed by atoms with Gasteiger partial charge in [-0.1, -0.05) is 13.8 Å². The fraction of sp³-hybridized carbons (Fsp3) is 1.00. The Bertz CT molecular complexity index is 135. The topological polar surface area (TPSA) is 27.7 Å². The molecule has 0 aliphatic heterocycles. The van der Waals surface area contributed by atoms with Gasteiger partial charge in [-0.2, -0.15) is 0 Å². The first-order valence-corrected chi connectivity index (χ1v) is 5.83. The van der Waals surface area contributed by atoms with E-state index in [0.29, 0.717) is 25.7 Å². The first-order chi connectivity index (χ1) is 7.02. The van der Waals surface area contributed by atoms with Crippen molar-refractivity contribution in [1.82, 2.24) is 0 Å². The van der Waals surface area contributed by atoms with Gasteiger partial charge >= 0.3 is 0 Å². The van der Waals surface area contributed by atoms with Gasteiger partial charge in [0.15, 0.2) is 0 Å². The van der Waals surface area contributed by atoms with Crippen molar-refractivity contribution < 1.29 is 14.2 Å². The first-order valence-electron chi connectivity index (χ1n) is 5.83. The Labute approximate surface area is 94.1 Å². The SMILES string of the molecule is CC(C)COC(C)COCCOC(C)C. The molecule has 0 aromatic carbocycles. The highest BCUT2D eigenvalue weighted by atomic mass is 16.5. The van der Waals surface area contributed by atoms with Crippen LogP contribution in [0.5, 0.6) is 0 Å². The highest BCUT2D eigenvalue weighted by Crippen LogP contribution is 1.98. The predicted octanol–water partition coefficient (Wildman–Crippen LogP) is 2.49. The molecule has 0 N–H and O–H groups in total. The highest BCUT2D eigenvalue weighted by Gasteiger charge is 2.03. The quantitative estimate of drug-likeness (QED) is 0.556. The zero-order valence-electron chi connectivity index (χ0n) is 10.8. The third-order valence-corrected chi connectivity index (χ3v) is 1.75. The van der Waals surface area contributed by atoms with Crippen LogP contribution in [0.15, 0.2) is 0 Å². The zero-order chi connectivity index (χ0) is 11.7. The standard InChI is InChI=1S/C12H26O3/c1-10(2)8-15-12(5)9-13-6-7-14-11(3)4/h10-12H,6-9H2,1-5H3. The molecule has 0 fully saturated rings. The second-order valence-electron chi connectivity index (χ2n) is 4.53. The normalized spacial score (nSPS) is 13.8. The second kappa shape index (κ2) is 9.13. The third kappa shape index (κ3) is 11.8. The van der Waals surface area contributed by atoms with Gasteiger partial charge in [0.05, 0.1) is 32.0 Å². The van der Waals surface area contributed by atoms with E-state index in [2.05, 4.69) is 13.8 Å². The van der Waals surface area contributed by atoms with E-state index in [-0.39, 0.29) is 12.2 Å². The summed E-state index contributed by atoms with van der Waals surface area (Å²) in [4.78, 5) is 0. The van der Waals surface area contributed by atoms with E-state index in [1.807, 2.05) is 20.8 Å². The summed E-state index contributed by atoms with van der Waals surface area (Å²) in [6.45, 7) is 13.1. The van der Waals surface area contributed by atoms with Crippen LogP contribution in [0.4, 0.5) is 0 Å². The van der Waals surface area contributed by atoms with Gasteiger partial charge in [-0.05, 0) is 26.7 Å². The summed E-state index contributed by atoms with van der Waals surface area (Å²) in [7, 11) is 0. The molecule has 0 saturated carbocycles. The average molecular weight is 218 g/mol. The van der Waals surface area contributed by atoms with E-state index in [1.54, 1.807) is 0 Å². The van der Waals surface area contributed by atoms with Gasteiger partial charge in [0.2, 0.25) is 0 Å². The molecule has 0 saturated heterocycles. The first kappa shape index (κ1) is 14.9. The maximum absolute atomic E-state index is 5.57. The number of rotatable bonds is 9. The van der Waals surface area contributed by atoms with Crippen LogP contribution in [-0.4, -0.2) is 38.6 Å². The summed E-state index contributed by atoms with van der Waals surface area (Å²) in [5.41, 5.74) is 0. The van der Waals surface area contributed by atoms with Crippen LogP contribution in [-0.2, 0) is 14.2 Å². The van der Waals surface area contributed by atoms with Crippen molar-refractivity contribution in [3.05, 3.63) is 0 Å². The Kier molecular flexibility index (Phi) is 9.06. The largest absolute Gasteiger partial charge is 0.376 e. The summed E-state index contributed by atoms with van der Waals surface area (Å²) in [5, 5.41) is 0. The molecule has 0 rings (SSSR count). The predicted molar refractivity (Wildman–Crippen MR) is 62.2 cm³/mol. The lowest BCUT2D eigenvalue weighted by atomic mass is 10.2. The summed E-state index contributed by atoms with van der Waals surface area (Å²) >= 11 is 0. The average Bonchev–Trinajstić information content (AvgIpc) is 2.13. The van der Waals surface area contributed by atoms with Crippen molar-refractivity contribution in [1.29, 1.82) is 0 Å². The molecule has 0 radical (unpaired) electrons. The smallest absolute Gasteiger partial charge is 0.0780 e. The molecule has 3 nitrogen and oxygen atoms in total. The summed E-state index contributed by atoms with van der Waals surface area (Å²) in [6, 6.07) is 0. The minimum absolute atomic E-state index is 0.173. The Morgan fingerprint density at radius 2 is 1.47 bits per heavy atom. The Balaban J connectivity index is 3.20. The second-order valence-corrected chi connectivity index (χ2v) is 4.53. The van der Waals surface area contributed by atoms with E-state index in [4.69, 9.17) is 14.2 Å². The van der Waals surface area contributed by atoms with Crippen molar-refractivity contribution in [3.8, 4) is 0 Å². The summed E-state index contributed by atoms with van der Waals surface area (Å²) in [6.07, 6.45) is 0.453. The molecule has 1 atom stereocenters. The molecule has 0 aromatic heterocycles. The fourth-order valence-corrected chi connectivity index (χ4v) is 0.997. The van der Waals surface area contributed by atoms with Gasteiger partial charge < -0.3 is 14.2 Å². The zero-order valence-corrected chi connectivity index (χ0v) is 10.8. The van der Waals surface area contributed by atoms with Crippen LogP contribution in [0.1, 0.15) is 34.6 Å². The van der Waals surface area contributed by atoms with Crippen LogP contribution < -0.4 is 0 Å². The Morgan fingerprint density at radius 1 is 0.800 bits per heavy atom. The van der Waals surface area contributed by atoms with Crippen LogP contribution in [0.25, 0.3) is 0 Å². The maximum atomic E-state index is 5.57. The van der Waals surface area contributed by atoms with Gasteiger partial charge in [0.25, 0.3) is 0 Å². The van der Waals surface area contributed by atoms with E-state index >= 15 is 0 Å². The molecule has 92 valence electrons. The van der Waals surface area contributed by atoms with Gasteiger partial charge in [-0.15, -0.1) is 0 Å². The highest BCUT2D eigenvalue weighted by molar-refractivity contribution is 4.49. The molecule has 0 amide bonds. The fourth-order valence-electron chi connectivity index (χ4n) is 0.997. The van der Waals surface area contributed by atoms with Crippen LogP contribution in [0, 0.1) is 5.92 Å². The monoisotopic (exact) mass is 218 g/mol. The molecule has 0 aromatic rings. The van der Waals surface area contributed by atoms with Crippen LogP contribution in [0.3, 0.4) is 0 Å². The molecule has 0 bridgehead atoms. The van der Waals surface area contributed by atoms with E-state index < -0.39 is 0 Å². The van der Waals surface area contributed by atoms with Crippen molar-refractivity contribution in [2.75, 3.05) is 26.4 Å². The summed E-state index contributed by atoms with van der Waals surface area (Å²) in [5.74, 6) is 0.580. The van der Waals surface area contributed by atoms with Crippen molar-refractivity contribution in [3.63, 3.8) is 0 Å². The van der Waals surface area contributed by atoms with Crippen molar-refractivity contribution in [2.45, 2.75) is 46.8 Å². The summed E-state index contributed by atoms with van der Waals surface area (Å²) < 4.78 is 16.3. The third-order valence-electron chi connectivity index (χ3n) is 1.75. The van der Waals surface area contributed by atoms with Crippen LogP contribution >= 0.6 is 0 Å². The van der Waals surface area contributed by atoms with Gasteiger partial charge in [-0.3, -0.25) is 0 Å². The lowest BCUT2D eigenvalue weighted by Gasteiger charge is -2.15. The van der Waals surface area contributed by atoms with Gasteiger partial charge in [-0.25, -0.2) is 0 Å². The molecule has 0 aliphatic carbocycles. The lowest BCUT2D eigenvalue weighted by Crippen LogP contribution is -2.20. The van der Waals surface area contributed by atoms with Crippen molar-refractivity contribution >= 4 is 0 Å². The molecule has 15 heavy (non-hydrogen) atoms. The van der Waals surface area contributed by atoms with Gasteiger partial charge in [0.1, 0.15) is 0 Å². The van der Waals surface area contributed by atoms with Crippen LogP contribution in [0.2, 0.25) is 0 Å². The Hall–Kier alpha value is -0.120. The van der Waals surface area contributed by atoms with Gasteiger partial charge in [0, 0.05) is 6.61 Å². The maximum Gasteiger partial charge on any atom is 0.0780 e. The number of ether oxygens (including phenoxy) is 3. The molecular formula is C12H26O3. The Morgan fingerprint density at radius 3 is 2.00 bits per heavy atom. The van der Waals surface area contributed by atoms with E-state index in [9.17, 15) is 0 Å². The number of hydrogen-bond acceptors (Lipinski definition) is 3. The minimum atomic E-state index is 0.173. The minimum Gasteiger partial charge on any atom is -0.376 e.